The van der Waals surface area contributed by atoms with Crippen molar-refractivity contribution in [2.45, 2.75) is 19.1 Å². The van der Waals surface area contributed by atoms with Crippen molar-refractivity contribution in [3.05, 3.63) is 120 Å². The van der Waals surface area contributed by atoms with Gasteiger partial charge in [-0.15, -0.1) is 0 Å². The lowest BCUT2D eigenvalue weighted by Gasteiger charge is -2.32. The van der Waals surface area contributed by atoms with Gasteiger partial charge in [0, 0.05) is 13.1 Å². The molecule has 0 radical (unpaired) electrons. The Hall–Kier alpha value is -3.35. The number of hydrogen-bond acceptors (Lipinski definition) is 3. The Morgan fingerprint density at radius 2 is 1.26 bits per heavy atom. The number of nitriles is 1. The summed E-state index contributed by atoms with van der Waals surface area (Å²) in [4.78, 5) is 2.18. The predicted molar refractivity (Wildman–Crippen MR) is 108 cm³/mol. The zero-order chi connectivity index (χ0) is 18.9. The van der Waals surface area contributed by atoms with Gasteiger partial charge in [0.2, 0.25) is 0 Å². The van der Waals surface area contributed by atoms with Crippen molar-refractivity contribution in [1.29, 1.82) is 5.26 Å². The molecule has 0 aliphatic heterocycles. The first-order valence-corrected chi connectivity index (χ1v) is 8.93. The molecule has 3 aromatic carbocycles. The third-order valence-electron chi connectivity index (χ3n) is 4.43. The van der Waals surface area contributed by atoms with Gasteiger partial charge in [-0.1, -0.05) is 91.0 Å². The molecule has 1 unspecified atom stereocenters. The van der Waals surface area contributed by atoms with E-state index in [4.69, 9.17) is 5.26 Å². The van der Waals surface area contributed by atoms with Crippen LogP contribution in [0, 0.1) is 11.3 Å². The maximum atomic E-state index is 10.7. The number of hydrogen-bond donors (Lipinski definition) is 1. The van der Waals surface area contributed by atoms with Gasteiger partial charge in [0.25, 0.3) is 0 Å². The molecular weight excluding hydrogens is 332 g/mol. The highest BCUT2D eigenvalue weighted by Gasteiger charge is 2.24. The van der Waals surface area contributed by atoms with E-state index < -0.39 is 6.04 Å². The van der Waals surface area contributed by atoms with Gasteiger partial charge in [-0.2, -0.15) is 5.26 Å². The van der Waals surface area contributed by atoms with Crippen LogP contribution in [0.5, 0.6) is 0 Å². The van der Waals surface area contributed by atoms with Crippen molar-refractivity contribution in [3.8, 4) is 6.07 Å². The lowest BCUT2D eigenvalue weighted by atomic mass is 10.0. The van der Waals surface area contributed by atoms with E-state index in [0.717, 1.165) is 16.7 Å². The molecule has 134 valence electrons. The molecular formula is C24H22N2O. The zero-order valence-corrected chi connectivity index (χ0v) is 15.1. The van der Waals surface area contributed by atoms with Gasteiger partial charge in [0.05, 0.1) is 18.2 Å². The Balaban J connectivity index is 2.01. The van der Waals surface area contributed by atoms with Crippen molar-refractivity contribution < 1.29 is 5.11 Å². The Morgan fingerprint density at radius 1 is 0.815 bits per heavy atom. The summed E-state index contributed by atoms with van der Waals surface area (Å²) < 4.78 is 0. The van der Waals surface area contributed by atoms with E-state index in [1.807, 2.05) is 72.8 Å². The molecule has 0 bridgehead atoms. The van der Waals surface area contributed by atoms with Crippen LogP contribution in [-0.2, 0) is 13.1 Å². The van der Waals surface area contributed by atoms with E-state index in [1.54, 1.807) is 0 Å². The van der Waals surface area contributed by atoms with Crippen molar-refractivity contribution >= 4 is 0 Å². The fourth-order valence-corrected chi connectivity index (χ4v) is 3.22. The van der Waals surface area contributed by atoms with Gasteiger partial charge < -0.3 is 5.11 Å². The summed E-state index contributed by atoms with van der Waals surface area (Å²) in [5, 5.41) is 19.8. The average Bonchev–Trinajstić information content (AvgIpc) is 2.71. The van der Waals surface area contributed by atoms with Gasteiger partial charge in [-0.25, -0.2) is 0 Å². The van der Waals surface area contributed by atoms with E-state index in [-0.39, 0.29) is 5.76 Å². The molecule has 27 heavy (non-hydrogen) atoms. The molecule has 0 spiro atoms. The predicted octanol–water partition coefficient (Wildman–Crippen LogP) is 5.40. The quantitative estimate of drug-likeness (QED) is 0.457. The van der Waals surface area contributed by atoms with Crippen molar-refractivity contribution in [2.24, 2.45) is 0 Å². The zero-order valence-electron chi connectivity index (χ0n) is 15.1. The molecule has 0 heterocycles. The first-order valence-electron chi connectivity index (χ1n) is 8.93. The monoisotopic (exact) mass is 354 g/mol. The normalized spacial score (nSPS) is 12.5. The Labute approximate surface area is 160 Å². The first-order chi connectivity index (χ1) is 13.3. The van der Waals surface area contributed by atoms with Crippen LogP contribution in [-0.4, -0.2) is 10.0 Å². The van der Waals surface area contributed by atoms with Crippen molar-refractivity contribution in [3.63, 3.8) is 0 Å². The number of allylic oxidation sites excluding steroid dienone is 1. The van der Waals surface area contributed by atoms with Crippen LogP contribution >= 0.6 is 0 Å². The molecule has 0 fully saturated rings. The van der Waals surface area contributed by atoms with Crippen LogP contribution in [0.2, 0.25) is 0 Å². The standard InChI is InChI=1S/C24H22N2O/c25-17-16-23(27)24(22-14-8-3-9-15-22)26(18-20-10-4-1-5-11-20)19-21-12-6-2-7-13-21/h1-16,24,27H,18-19H2/b23-16-. The van der Waals surface area contributed by atoms with Crippen LogP contribution in [0.4, 0.5) is 0 Å². The largest absolute Gasteiger partial charge is 0.510 e. The van der Waals surface area contributed by atoms with E-state index in [0.29, 0.717) is 13.1 Å². The van der Waals surface area contributed by atoms with Gasteiger partial charge >= 0.3 is 0 Å². The van der Waals surface area contributed by atoms with Crippen LogP contribution in [0.1, 0.15) is 22.7 Å². The number of benzene rings is 3. The topological polar surface area (TPSA) is 47.3 Å². The molecule has 1 N–H and O–H groups in total. The number of aliphatic hydroxyl groups excluding tert-OH is 1. The molecule has 1 atom stereocenters. The summed E-state index contributed by atoms with van der Waals surface area (Å²) >= 11 is 0. The Bertz CT molecular complexity index is 858. The summed E-state index contributed by atoms with van der Waals surface area (Å²) in [6.07, 6.45) is 1.22. The summed E-state index contributed by atoms with van der Waals surface area (Å²) in [5.41, 5.74) is 3.26. The molecule has 3 aromatic rings. The second kappa shape index (κ2) is 9.38. The highest BCUT2D eigenvalue weighted by molar-refractivity contribution is 5.29. The minimum Gasteiger partial charge on any atom is -0.510 e. The third-order valence-corrected chi connectivity index (χ3v) is 4.43. The molecule has 0 saturated carbocycles. The lowest BCUT2D eigenvalue weighted by Crippen LogP contribution is -2.29. The second-order valence-corrected chi connectivity index (χ2v) is 6.39. The lowest BCUT2D eigenvalue weighted by molar-refractivity contribution is 0.160. The molecule has 3 heteroatoms. The highest BCUT2D eigenvalue weighted by Crippen LogP contribution is 2.30. The van der Waals surface area contributed by atoms with Crippen LogP contribution in [0.3, 0.4) is 0 Å². The first kappa shape index (κ1) is 18.4. The molecule has 0 aromatic heterocycles. The summed E-state index contributed by atoms with van der Waals surface area (Å²) in [6.45, 7) is 1.30. The second-order valence-electron chi connectivity index (χ2n) is 6.39. The average molecular weight is 354 g/mol. The molecule has 0 aliphatic rings. The van der Waals surface area contributed by atoms with E-state index in [2.05, 4.69) is 29.2 Å². The van der Waals surface area contributed by atoms with E-state index in [1.165, 1.54) is 6.08 Å². The minimum atomic E-state index is -0.397. The third kappa shape index (κ3) is 5.07. The minimum absolute atomic E-state index is 0.0514. The highest BCUT2D eigenvalue weighted by atomic mass is 16.3. The van der Waals surface area contributed by atoms with Crippen molar-refractivity contribution in [2.75, 3.05) is 0 Å². The van der Waals surface area contributed by atoms with Crippen LogP contribution in [0.15, 0.2) is 103 Å². The maximum absolute atomic E-state index is 10.7. The van der Waals surface area contributed by atoms with Crippen LogP contribution in [0.25, 0.3) is 0 Å². The fourth-order valence-electron chi connectivity index (χ4n) is 3.22. The summed E-state index contributed by atoms with van der Waals surface area (Å²) in [5.74, 6) is 0.0514. The van der Waals surface area contributed by atoms with Gasteiger partial charge in [0.1, 0.15) is 5.76 Å². The maximum Gasteiger partial charge on any atom is 0.124 e. The number of rotatable bonds is 7. The SMILES string of the molecule is N#C/C=C(\O)C(c1ccccc1)N(Cc1ccccc1)Cc1ccccc1. The smallest absolute Gasteiger partial charge is 0.124 e. The van der Waals surface area contributed by atoms with Crippen molar-refractivity contribution in [1.82, 2.24) is 4.90 Å². The Morgan fingerprint density at radius 3 is 1.70 bits per heavy atom. The molecule has 3 nitrogen and oxygen atoms in total. The van der Waals surface area contributed by atoms with Gasteiger partial charge in [0.15, 0.2) is 0 Å². The molecule has 0 aliphatic carbocycles. The number of nitrogens with zero attached hydrogens (tertiary/aromatic N) is 2. The molecule has 0 amide bonds. The van der Waals surface area contributed by atoms with E-state index in [9.17, 15) is 5.11 Å². The van der Waals surface area contributed by atoms with Crippen LogP contribution < -0.4 is 0 Å². The Kier molecular flexibility index (Phi) is 6.40. The fraction of sp³-hybridized carbons (Fsp3) is 0.125. The molecule has 3 rings (SSSR count). The van der Waals surface area contributed by atoms with E-state index >= 15 is 0 Å². The molecule has 0 saturated heterocycles. The summed E-state index contributed by atoms with van der Waals surface area (Å²) in [6, 6.07) is 31.7. The van der Waals surface area contributed by atoms with Gasteiger partial charge in [-0.05, 0) is 16.7 Å². The summed E-state index contributed by atoms with van der Waals surface area (Å²) in [7, 11) is 0. The van der Waals surface area contributed by atoms with Gasteiger partial charge in [-0.3, -0.25) is 4.90 Å². The number of aliphatic hydroxyl groups is 1.